The number of amides is 1. The summed E-state index contributed by atoms with van der Waals surface area (Å²) >= 11 is 0. The predicted octanol–water partition coefficient (Wildman–Crippen LogP) is 1.20. The second-order valence-corrected chi connectivity index (χ2v) is 4.38. The first-order valence-corrected chi connectivity index (χ1v) is 5.97. The van der Waals surface area contributed by atoms with Gasteiger partial charge >= 0.3 is 6.18 Å². The molecular weight excluding hydrogens is 257 g/mol. The zero-order valence-electron chi connectivity index (χ0n) is 8.96. The predicted molar refractivity (Wildman–Crippen MR) is 55.0 cm³/mol. The van der Waals surface area contributed by atoms with Crippen molar-refractivity contribution >= 4 is 16.7 Å². The summed E-state index contributed by atoms with van der Waals surface area (Å²) in [6.07, 6.45) is -3.47. The van der Waals surface area contributed by atoms with Gasteiger partial charge in [0.25, 0.3) is 5.91 Å². The Hall–Kier alpha value is -1.44. The maximum Gasteiger partial charge on any atom is 0.433 e. The molecule has 1 rings (SSSR count). The molecule has 0 bridgehead atoms. The summed E-state index contributed by atoms with van der Waals surface area (Å²) in [4.78, 5) is 14.6. The molecule has 0 spiro atoms. The van der Waals surface area contributed by atoms with Gasteiger partial charge in [0.1, 0.15) is 10.7 Å². The molecule has 0 saturated heterocycles. The fourth-order valence-corrected chi connectivity index (χ4v) is 1.82. The maximum absolute atomic E-state index is 12.4. The van der Waals surface area contributed by atoms with Crippen molar-refractivity contribution in [1.82, 2.24) is 10.3 Å². The summed E-state index contributed by atoms with van der Waals surface area (Å²) in [5, 5.41) is 1.86. The number of hydrogen-bond acceptors (Lipinski definition) is 3. The van der Waals surface area contributed by atoms with Gasteiger partial charge in [0.15, 0.2) is 0 Å². The summed E-state index contributed by atoms with van der Waals surface area (Å²) < 4.78 is 48.4. The molecule has 1 heterocycles. The Morgan fingerprint density at radius 3 is 2.41 bits per heavy atom. The third-order valence-corrected chi connectivity index (χ3v) is 2.75. The van der Waals surface area contributed by atoms with Crippen LogP contribution in [-0.2, 0) is 17.0 Å². The summed E-state index contributed by atoms with van der Waals surface area (Å²) in [5.41, 5.74) is -1.29. The van der Waals surface area contributed by atoms with E-state index in [0.29, 0.717) is 6.07 Å². The van der Waals surface area contributed by atoms with Crippen LogP contribution < -0.4 is 5.32 Å². The Balaban J connectivity index is 3.37. The minimum Gasteiger partial charge on any atom is -0.355 e. The molecule has 1 aromatic rings. The molecule has 4 nitrogen and oxygen atoms in total. The van der Waals surface area contributed by atoms with Crippen LogP contribution in [0.25, 0.3) is 0 Å². The average molecular weight is 266 g/mol. The molecular formula is C9H9F3N2O2S. The molecule has 1 atom stereocenters. The van der Waals surface area contributed by atoms with E-state index in [4.69, 9.17) is 0 Å². The minimum atomic E-state index is -4.63. The number of nitrogens with zero attached hydrogens (tertiary/aromatic N) is 1. The van der Waals surface area contributed by atoms with Crippen LogP contribution >= 0.6 is 0 Å². The maximum atomic E-state index is 12.4. The van der Waals surface area contributed by atoms with E-state index >= 15 is 0 Å². The second kappa shape index (κ2) is 4.82. The van der Waals surface area contributed by atoms with E-state index in [1.807, 2.05) is 0 Å². The molecule has 0 radical (unpaired) electrons. The van der Waals surface area contributed by atoms with Crippen molar-refractivity contribution in [3.05, 3.63) is 23.4 Å². The number of pyridine rings is 1. The van der Waals surface area contributed by atoms with Crippen LogP contribution in [0.5, 0.6) is 0 Å². The first kappa shape index (κ1) is 13.6. The van der Waals surface area contributed by atoms with Gasteiger partial charge in [-0.3, -0.25) is 9.00 Å². The van der Waals surface area contributed by atoms with Gasteiger partial charge in [-0.15, -0.1) is 0 Å². The number of nitrogens with one attached hydrogen (secondary N) is 1. The van der Waals surface area contributed by atoms with Crippen molar-refractivity contribution in [3.8, 4) is 0 Å². The number of alkyl halides is 3. The Labute approximate surface area is 97.7 Å². The average Bonchev–Trinajstić information content (AvgIpc) is 2.25. The monoisotopic (exact) mass is 266 g/mol. The molecule has 1 amide bonds. The van der Waals surface area contributed by atoms with Crippen LogP contribution in [0.3, 0.4) is 0 Å². The summed E-state index contributed by atoms with van der Waals surface area (Å²) in [6, 6.07) is 1.65. The molecule has 0 saturated carbocycles. The molecule has 0 aliphatic heterocycles. The highest BCUT2D eigenvalue weighted by molar-refractivity contribution is 7.84. The van der Waals surface area contributed by atoms with E-state index < -0.39 is 28.6 Å². The van der Waals surface area contributed by atoms with Gasteiger partial charge in [-0.1, -0.05) is 0 Å². The zero-order chi connectivity index (χ0) is 13.2. The lowest BCUT2D eigenvalue weighted by molar-refractivity contribution is -0.141. The van der Waals surface area contributed by atoms with Crippen molar-refractivity contribution in [2.45, 2.75) is 11.2 Å². The quantitative estimate of drug-likeness (QED) is 0.875. The van der Waals surface area contributed by atoms with E-state index in [1.165, 1.54) is 7.05 Å². The van der Waals surface area contributed by atoms with Crippen LogP contribution in [-0.4, -0.2) is 28.4 Å². The van der Waals surface area contributed by atoms with Gasteiger partial charge in [0.05, 0.1) is 16.4 Å². The first-order chi connectivity index (χ1) is 7.77. The van der Waals surface area contributed by atoms with Gasteiger partial charge in [-0.05, 0) is 12.1 Å². The lowest BCUT2D eigenvalue weighted by Crippen LogP contribution is -2.21. The lowest BCUT2D eigenvalue weighted by Gasteiger charge is -2.09. The molecule has 0 aliphatic carbocycles. The number of halogens is 3. The van der Waals surface area contributed by atoms with Gasteiger partial charge in [-0.25, -0.2) is 4.98 Å². The summed E-state index contributed by atoms with van der Waals surface area (Å²) in [7, 11) is -0.458. The third-order valence-electron chi connectivity index (χ3n) is 1.89. The highest BCUT2D eigenvalue weighted by atomic mass is 32.2. The van der Waals surface area contributed by atoms with E-state index in [0.717, 1.165) is 12.3 Å². The standard InChI is InChI=1S/C9H9F3N2O2S/c1-13-7(15)5-3-4-6(9(10,11)12)14-8(5)17(2)16/h3-4H,1-2H3,(H,13,15). The molecule has 1 N–H and O–H groups in total. The smallest absolute Gasteiger partial charge is 0.355 e. The van der Waals surface area contributed by atoms with Crippen molar-refractivity contribution in [1.29, 1.82) is 0 Å². The number of aromatic nitrogens is 1. The molecule has 0 fully saturated rings. The molecule has 17 heavy (non-hydrogen) atoms. The van der Waals surface area contributed by atoms with Crippen molar-refractivity contribution in [2.75, 3.05) is 13.3 Å². The van der Waals surface area contributed by atoms with Crippen LogP contribution in [0.15, 0.2) is 17.2 Å². The molecule has 1 aromatic heterocycles. The van der Waals surface area contributed by atoms with Crippen LogP contribution in [0, 0.1) is 0 Å². The van der Waals surface area contributed by atoms with E-state index in [9.17, 15) is 22.2 Å². The Bertz CT molecular complexity index is 474. The normalized spacial score (nSPS) is 13.2. The van der Waals surface area contributed by atoms with E-state index in [2.05, 4.69) is 10.3 Å². The number of carbonyl (C=O) groups excluding carboxylic acids is 1. The van der Waals surface area contributed by atoms with Crippen LogP contribution in [0.4, 0.5) is 13.2 Å². The van der Waals surface area contributed by atoms with E-state index in [1.54, 1.807) is 0 Å². The summed E-state index contributed by atoms with van der Waals surface area (Å²) in [6.45, 7) is 0. The summed E-state index contributed by atoms with van der Waals surface area (Å²) in [5.74, 6) is -0.628. The van der Waals surface area contributed by atoms with Gasteiger partial charge < -0.3 is 5.32 Å². The number of carbonyl (C=O) groups is 1. The second-order valence-electron chi connectivity index (χ2n) is 3.08. The Morgan fingerprint density at radius 1 is 1.41 bits per heavy atom. The van der Waals surface area contributed by atoms with Gasteiger partial charge in [0, 0.05) is 13.3 Å². The topological polar surface area (TPSA) is 59.1 Å². The Morgan fingerprint density at radius 2 is 2.00 bits per heavy atom. The van der Waals surface area contributed by atoms with E-state index in [-0.39, 0.29) is 10.6 Å². The largest absolute Gasteiger partial charge is 0.433 e. The number of rotatable bonds is 2. The number of hydrogen-bond donors (Lipinski definition) is 1. The minimum absolute atomic E-state index is 0.124. The lowest BCUT2D eigenvalue weighted by atomic mass is 10.2. The van der Waals surface area contributed by atoms with Crippen molar-refractivity contribution < 1.29 is 22.2 Å². The van der Waals surface area contributed by atoms with Crippen molar-refractivity contribution in [2.24, 2.45) is 0 Å². The highest BCUT2D eigenvalue weighted by Crippen LogP contribution is 2.28. The fourth-order valence-electron chi connectivity index (χ4n) is 1.12. The molecule has 0 aromatic carbocycles. The van der Waals surface area contributed by atoms with Crippen molar-refractivity contribution in [3.63, 3.8) is 0 Å². The SMILES string of the molecule is CNC(=O)c1ccc(C(F)(F)F)nc1S(C)=O. The molecule has 94 valence electrons. The first-order valence-electron chi connectivity index (χ1n) is 4.41. The third kappa shape index (κ3) is 3.02. The highest BCUT2D eigenvalue weighted by Gasteiger charge is 2.33. The van der Waals surface area contributed by atoms with Crippen LogP contribution in [0.1, 0.15) is 16.1 Å². The zero-order valence-corrected chi connectivity index (χ0v) is 9.78. The molecule has 1 unspecified atom stereocenters. The van der Waals surface area contributed by atoms with Gasteiger partial charge in [0.2, 0.25) is 0 Å². The molecule has 8 heteroatoms. The van der Waals surface area contributed by atoms with Crippen LogP contribution in [0.2, 0.25) is 0 Å². The van der Waals surface area contributed by atoms with Gasteiger partial charge in [-0.2, -0.15) is 13.2 Å². The Kier molecular flexibility index (Phi) is 3.87. The fraction of sp³-hybridized carbons (Fsp3) is 0.333. The molecule has 0 aliphatic rings.